The Morgan fingerprint density at radius 2 is 1.68 bits per heavy atom. The molecule has 0 aliphatic rings. The predicted octanol–water partition coefficient (Wildman–Crippen LogP) is 5.01. The second kappa shape index (κ2) is 7.11. The number of hydrogen-bond donors (Lipinski definition) is 1. The minimum absolute atomic E-state index is 0.310. The number of hydrogen-bond acceptors (Lipinski definition) is 3. The highest BCUT2D eigenvalue weighted by Gasteiger charge is 2.33. The van der Waals surface area contributed by atoms with E-state index in [1.165, 1.54) is 0 Å². The molecule has 0 radical (unpaired) electrons. The summed E-state index contributed by atoms with van der Waals surface area (Å²) in [7, 11) is 1.61. The maximum atomic E-state index is 13.1. The van der Waals surface area contributed by atoms with E-state index < -0.39 is 11.9 Å². The summed E-state index contributed by atoms with van der Waals surface area (Å²) in [5, 5.41) is 3.77. The van der Waals surface area contributed by atoms with Crippen molar-refractivity contribution in [3.05, 3.63) is 71.4 Å². The zero-order valence-corrected chi connectivity index (χ0v) is 13.6. The van der Waals surface area contributed by atoms with Gasteiger partial charge in [0.15, 0.2) is 0 Å². The molecule has 1 N–H and O–H groups in total. The number of anilines is 1. The molecule has 3 rings (SSSR count). The number of nitrogens with one attached hydrogen (secondary N) is 1. The van der Waals surface area contributed by atoms with Crippen LogP contribution < -0.4 is 5.32 Å². The molecular weight excluding hydrogens is 329 g/mol. The molecular formula is C19H17F3N2O. The quantitative estimate of drug-likeness (QED) is 0.705. The lowest BCUT2D eigenvalue weighted by molar-refractivity contribution is -0.140. The van der Waals surface area contributed by atoms with E-state index in [0.29, 0.717) is 29.7 Å². The average Bonchev–Trinajstić information content (AvgIpc) is 2.60. The number of halogens is 3. The summed E-state index contributed by atoms with van der Waals surface area (Å²) in [5.74, 6) is 0. The van der Waals surface area contributed by atoms with Crippen LogP contribution in [0.2, 0.25) is 0 Å². The highest BCUT2D eigenvalue weighted by Crippen LogP contribution is 2.33. The van der Waals surface area contributed by atoms with Gasteiger partial charge in [0.1, 0.15) is 5.69 Å². The third-order valence-electron chi connectivity index (χ3n) is 3.89. The maximum absolute atomic E-state index is 13.1. The Kier molecular flexibility index (Phi) is 4.90. The monoisotopic (exact) mass is 346 g/mol. The number of methoxy groups -OCH3 is 1. The second-order valence-electron chi connectivity index (χ2n) is 5.63. The summed E-state index contributed by atoms with van der Waals surface area (Å²) in [6.07, 6.45) is -4.49. The Hall–Kier alpha value is -2.60. The summed E-state index contributed by atoms with van der Waals surface area (Å²) in [4.78, 5) is 3.72. The maximum Gasteiger partial charge on any atom is 0.433 e. The molecule has 3 aromatic rings. The average molecular weight is 346 g/mol. The van der Waals surface area contributed by atoms with Crippen LogP contribution in [0.25, 0.3) is 10.9 Å². The molecule has 0 atom stereocenters. The standard InChI is InChI=1S/C19H17F3N2O/c1-25-12-14-7-3-2-6-13(14)11-23-17-10-18(19(20,21)22)24-16-9-5-4-8-15(16)17/h2-10H,11-12H2,1H3,(H,23,24). The van der Waals surface area contributed by atoms with Crippen LogP contribution in [0.5, 0.6) is 0 Å². The Morgan fingerprint density at radius 1 is 1.00 bits per heavy atom. The highest BCUT2D eigenvalue weighted by molar-refractivity contribution is 5.91. The molecule has 0 spiro atoms. The fraction of sp³-hybridized carbons (Fsp3) is 0.211. The summed E-state index contributed by atoms with van der Waals surface area (Å²) in [6.45, 7) is 0.841. The molecule has 25 heavy (non-hydrogen) atoms. The van der Waals surface area contributed by atoms with Crippen LogP contribution in [0.4, 0.5) is 18.9 Å². The van der Waals surface area contributed by atoms with Crippen molar-refractivity contribution in [3.63, 3.8) is 0 Å². The number of rotatable bonds is 5. The van der Waals surface area contributed by atoms with Crippen LogP contribution in [-0.4, -0.2) is 12.1 Å². The summed E-state index contributed by atoms with van der Waals surface area (Å²) in [6, 6.07) is 15.5. The normalized spacial score (nSPS) is 11.7. The minimum atomic E-state index is -4.49. The van der Waals surface area contributed by atoms with Gasteiger partial charge in [-0.1, -0.05) is 42.5 Å². The molecule has 0 unspecified atom stereocenters. The molecule has 130 valence electrons. The van der Waals surface area contributed by atoms with E-state index in [1.807, 2.05) is 24.3 Å². The van der Waals surface area contributed by atoms with Crippen LogP contribution in [0, 0.1) is 0 Å². The first-order chi connectivity index (χ1) is 12.0. The number of alkyl halides is 3. The van der Waals surface area contributed by atoms with Gasteiger partial charge >= 0.3 is 6.18 Å². The largest absolute Gasteiger partial charge is 0.433 e. The van der Waals surface area contributed by atoms with Gasteiger partial charge in [-0.15, -0.1) is 0 Å². The van der Waals surface area contributed by atoms with Gasteiger partial charge in [0.25, 0.3) is 0 Å². The molecule has 0 saturated carbocycles. The molecule has 0 fully saturated rings. The van der Waals surface area contributed by atoms with Crippen LogP contribution >= 0.6 is 0 Å². The lowest BCUT2D eigenvalue weighted by Crippen LogP contribution is -2.10. The van der Waals surface area contributed by atoms with Crippen molar-refractivity contribution in [2.45, 2.75) is 19.3 Å². The first-order valence-corrected chi connectivity index (χ1v) is 7.75. The lowest BCUT2D eigenvalue weighted by Gasteiger charge is -2.15. The summed E-state index contributed by atoms with van der Waals surface area (Å²) >= 11 is 0. The van der Waals surface area contributed by atoms with E-state index in [-0.39, 0.29) is 0 Å². The van der Waals surface area contributed by atoms with E-state index in [9.17, 15) is 13.2 Å². The first kappa shape index (κ1) is 17.2. The number of fused-ring (bicyclic) bond motifs is 1. The van der Waals surface area contributed by atoms with Gasteiger partial charge < -0.3 is 10.1 Å². The van der Waals surface area contributed by atoms with Gasteiger partial charge in [-0.05, 0) is 23.3 Å². The van der Waals surface area contributed by atoms with Crippen LogP contribution in [0.15, 0.2) is 54.6 Å². The minimum Gasteiger partial charge on any atom is -0.380 e. The van der Waals surface area contributed by atoms with Gasteiger partial charge in [0.2, 0.25) is 0 Å². The number of benzene rings is 2. The SMILES string of the molecule is COCc1ccccc1CNc1cc(C(F)(F)F)nc2ccccc12. The van der Waals surface area contributed by atoms with E-state index in [4.69, 9.17) is 4.74 Å². The van der Waals surface area contributed by atoms with Crippen molar-refractivity contribution < 1.29 is 17.9 Å². The van der Waals surface area contributed by atoms with E-state index in [0.717, 1.165) is 17.2 Å². The highest BCUT2D eigenvalue weighted by atomic mass is 19.4. The van der Waals surface area contributed by atoms with Crippen molar-refractivity contribution in [1.82, 2.24) is 4.98 Å². The Morgan fingerprint density at radius 3 is 2.40 bits per heavy atom. The Balaban J connectivity index is 1.96. The summed E-state index contributed by atoms with van der Waals surface area (Å²) in [5.41, 5.74) is 1.78. The number of nitrogens with zero attached hydrogens (tertiary/aromatic N) is 1. The molecule has 0 saturated heterocycles. The smallest absolute Gasteiger partial charge is 0.380 e. The fourth-order valence-electron chi connectivity index (χ4n) is 2.68. The van der Waals surface area contributed by atoms with Crippen LogP contribution in [-0.2, 0) is 24.1 Å². The topological polar surface area (TPSA) is 34.1 Å². The number of pyridine rings is 1. The molecule has 0 aliphatic heterocycles. The Bertz CT molecular complexity index is 878. The molecule has 0 aliphatic carbocycles. The first-order valence-electron chi connectivity index (χ1n) is 7.75. The van der Waals surface area contributed by atoms with Crippen LogP contribution in [0.3, 0.4) is 0 Å². The van der Waals surface area contributed by atoms with Crippen molar-refractivity contribution >= 4 is 16.6 Å². The number of para-hydroxylation sites is 1. The lowest BCUT2D eigenvalue weighted by atomic mass is 10.1. The van der Waals surface area contributed by atoms with Crippen LogP contribution in [0.1, 0.15) is 16.8 Å². The van der Waals surface area contributed by atoms with Gasteiger partial charge in [-0.2, -0.15) is 13.2 Å². The molecule has 3 nitrogen and oxygen atoms in total. The zero-order valence-electron chi connectivity index (χ0n) is 13.6. The Labute approximate surface area is 143 Å². The van der Waals surface area contributed by atoms with Crippen molar-refractivity contribution in [2.75, 3.05) is 12.4 Å². The van der Waals surface area contributed by atoms with Gasteiger partial charge in [0.05, 0.1) is 12.1 Å². The molecule has 0 bridgehead atoms. The van der Waals surface area contributed by atoms with E-state index in [1.54, 1.807) is 31.4 Å². The number of ether oxygens (including phenoxy) is 1. The molecule has 6 heteroatoms. The zero-order chi connectivity index (χ0) is 17.9. The molecule has 0 amide bonds. The fourth-order valence-corrected chi connectivity index (χ4v) is 2.68. The van der Waals surface area contributed by atoms with Gasteiger partial charge in [-0.25, -0.2) is 4.98 Å². The second-order valence-corrected chi connectivity index (χ2v) is 5.63. The molecule has 2 aromatic carbocycles. The van der Waals surface area contributed by atoms with Gasteiger partial charge in [-0.3, -0.25) is 0 Å². The molecule has 1 aromatic heterocycles. The number of aromatic nitrogens is 1. The van der Waals surface area contributed by atoms with Crippen molar-refractivity contribution in [2.24, 2.45) is 0 Å². The predicted molar refractivity (Wildman–Crippen MR) is 91.2 cm³/mol. The van der Waals surface area contributed by atoms with E-state index in [2.05, 4.69) is 10.3 Å². The third-order valence-corrected chi connectivity index (χ3v) is 3.89. The van der Waals surface area contributed by atoms with Gasteiger partial charge in [0, 0.05) is 24.7 Å². The van der Waals surface area contributed by atoms with Crippen molar-refractivity contribution in [3.8, 4) is 0 Å². The third kappa shape index (κ3) is 3.91. The van der Waals surface area contributed by atoms with Crippen molar-refractivity contribution in [1.29, 1.82) is 0 Å². The summed E-state index contributed by atoms with van der Waals surface area (Å²) < 4.78 is 44.5. The molecule has 1 heterocycles. The van der Waals surface area contributed by atoms with E-state index >= 15 is 0 Å².